The van der Waals surface area contributed by atoms with Crippen LogP contribution in [-0.2, 0) is 4.79 Å². The second-order valence-corrected chi connectivity index (χ2v) is 5.06. The number of amides is 1. The molecule has 0 bridgehead atoms. The first kappa shape index (κ1) is 11.7. The van der Waals surface area contributed by atoms with Crippen molar-refractivity contribution in [3.05, 3.63) is 40.3 Å². The first-order valence-corrected chi connectivity index (χ1v) is 6.17. The van der Waals surface area contributed by atoms with Crippen molar-refractivity contribution in [1.82, 2.24) is 0 Å². The van der Waals surface area contributed by atoms with Gasteiger partial charge in [-0.3, -0.25) is 4.79 Å². The van der Waals surface area contributed by atoms with E-state index in [9.17, 15) is 4.79 Å². The Morgan fingerprint density at radius 3 is 2.88 bits per heavy atom. The molecule has 16 heavy (non-hydrogen) atoms. The van der Waals surface area contributed by atoms with Crippen molar-refractivity contribution in [2.24, 2.45) is 5.92 Å². The monoisotopic (exact) mass is 299 g/mol. The van der Waals surface area contributed by atoms with Crippen LogP contribution in [-0.4, -0.2) is 12.5 Å². The molecule has 1 aliphatic heterocycles. The third-order valence-electron chi connectivity index (χ3n) is 2.70. The third kappa shape index (κ3) is 2.15. The van der Waals surface area contributed by atoms with E-state index in [2.05, 4.69) is 22.5 Å². The fraction of sp³-hybridized carbons (Fsp3) is 0.250. The molecule has 0 aromatic heterocycles. The Hall–Kier alpha value is -0.800. The molecule has 1 aromatic rings. The van der Waals surface area contributed by atoms with Gasteiger partial charge in [0.15, 0.2) is 0 Å². The van der Waals surface area contributed by atoms with Crippen LogP contribution in [0.25, 0.3) is 0 Å². The van der Waals surface area contributed by atoms with Gasteiger partial charge in [-0.15, -0.1) is 6.58 Å². The fourth-order valence-corrected chi connectivity index (χ4v) is 2.22. The number of anilines is 1. The van der Waals surface area contributed by atoms with E-state index in [4.69, 9.17) is 11.6 Å². The van der Waals surface area contributed by atoms with Crippen LogP contribution in [0.4, 0.5) is 5.69 Å². The van der Waals surface area contributed by atoms with Crippen molar-refractivity contribution < 1.29 is 4.79 Å². The van der Waals surface area contributed by atoms with Crippen LogP contribution in [0.2, 0.25) is 5.02 Å². The van der Waals surface area contributed by atoms with Gasteiger partial charge in [-0.2, -0.15) is 0 Å². The summed E-state index contributed by atoms with van der Waals surface area (Å²) in [4.78, 5) is 13.5. The van der Waals surface area contributed by atoms with E-state index in [1.54, 1.807) is 11.0 Å². The SMILES string of the molecule is C=CC1CC(=O)N(c2ccc(Br)c(Cl)c2)C1. The van der Waals surface area contributed by atoms with E-state index in [0.717, 1.165) is 10.2 Å². The Bertz CT molecular complexity index is 447. The van der Waals surface area contributed by atoms with Crippen molar-refractivity contribution in [3.8, 4) is 0 Å². The average molecular weight is 301 g/mol. The van der Waals surface area contributed by atoms with Gasteiger partial charge in [0.05, 0.1) is 5.02 Å². The largest absolute Gasteiger partial charge is 0.312 e. The zero-order valence-corrected chi connectivity index (χ0v) is 11.0. The first-order valence-electron chi connectivity index (χ1n) is 5.00. The normalized spacial score (nSPS) is 20.2. The predicted octanol–water partition coefficient (Wildman–Crippen LogP) is 3.64. The van der Waals surface area contributed by atoms with Crippen LogP contribution in [0.3, 0.4) is 0 Å². The lowest BCUT2D eigenvalue weighted by atomic mass is 10.1. The Morgan fingerprint density at radius 2 is 2.31 bits per heavy atom. The fourth-order valence-electron chi connectivity index (χ4n) is 1.80. The van der Waals surface area contributed by atoms with Crippen molar-refractivity contribution >= 4 is 39.1 Å². The summed E-state index contributed by atoms with van der Waals surface area (Å²) in [5, 5.41) is 0.618. The van der Waals surface area contributed by atoms with Crippen molar-refractivity contribution in [2.45, 2.75) is 6.42 Å². The Balaban J connectivity index is 2.27. The number of halogens is 2. The summed E-state index contributed by atoms with van der Waals surface area (Å²) in [7, 11) is 0. The third-order valence-corrected chi connectivity index (χ3v) is 3.94. The average Bonchev–Trinajstić information content (AvgIpc) is 2.64. The zero-order valence-electron chi connectivity index (χ0n) is 8.62. The maximum atomic E-state index is 11.8. The van der Waals surface area contributed by atoms with Gasteiger partial charge in [0.1, 0.15) is 0 Å². The second kappa shape index (κ2) is 4.60. The molecule has 1 amide bonds. The van der Waals surface area contributed by atoms with Crippen molar-refractivity contribution in [3.63, 3.8) is 0 Å². The van der Waals surface area contributed by atoms with Crippen molar-refractivity contribution in [1.29, 1.82) is 0 Å². The topological polar surface area (TPSA) is 20.3 Å². The number of carbonyl (C=O) groups is 1. The van der Waals surface area contributed by atoms with Crippen LogP contribution >= 0.6 is 27.5 Å². The summed E-state index contributed by atoms with van der Waals surface area (Å²) in [6.07, 6.45) is 2.37. The van der Waals surface area contributed by atoms with E-state index in [1.165, 1.54) is 0 Å². The highest BCUT2D eigenvalue weighted by atomic mass is 79.9. The second-order valence-electron chi connectivity index (χ2n) is 3.80. The zero-order chi connectivity index (χ0) is 11.7. The minimum Gasteiger partial charge on any atom is -0.312 e. The summed E-state index contributed by atoms with van der Waals surface area (Å²) in [6.45, 7) is 4.42. The number of hydrogen-bond donors (Lipinski definition) is 0. The molecule has 1 aromatic carbocycles. The van der Waals surface area contributed by atoms with Crippen LogP contribution in [0.15, 0.2) is 35.3 Å². The molecular weight excluding hydrogens is 289 g/mol. The number of benzene rings is 1. The lowest BCUT2D eigenvalue weighted by Crippen LogP contribution is -2.24. The maximum absolute atomic E-state index is 11.8. The first-order chi connectivity index (χ1) is 7.61. The highest BCUT2D eigenvalue weighted by Gasteiger charge is 2.28. The molecule has 1 heterocycles. The highest BCUT2D eigenvalue weighted by molar-refractivity contribution is 9.10. The number of carbonyl (C=O) groups excluding carboxylic acids is 1. The van der Waals surface area contributed by atoms with Gasteiger partial charge < -0.3 is 4.90 Å². The summed E-state index contributed by atoms with van der Waals surface area (Å²) >= 11 is 9.33. The molecule has 1 saturated heterocycles. The van der Waals surface area contributed by atoms with Gasteiger partial charge in [-0.05, 0) is 34.1 Å². The molecule has 0 N–H and O–H groups in total. The maximum Gasteiger partial charge on any atom is 0.227 e. The molecule has 4 heteroatoms. The Morgan fingerprint density at radius 1 is 1.56 bits per heavy atom. The van der Waals surface area contributed by atoms with Crippen LogP contribution in [0.1, 0.15) is 6.42 Å². The molecular formula is C12H11BrClNO. The van der Waals surface area contributed by atoms with Crippen molar-refractivity contribution in [2.75, 3.05) is 11.4 Å². The standard InChI is InChI=1S/C12H11BrClNO/c1-2-8-5-12(16)15(7-8)9-3-4-10(13)11(14)6-9/h2-4,6,8H,1,5,7H2. The smallest absolute Gasteiger partial charge is 0.227 e. The van der Waals surface area contributed by atoms with Gasteiger partial charge in [0, 0.05) is 29.0 Å². The minimum absolute atomic E-state index is 0.128. The van der Waals surface area contributed by atoms with Crippen LogP contribution < -0.4 is 4.90 Å². The molecule has 1 fully saturated rings. The molecule has 2 nitrogen and oxygen atoms in total. The van der Waals surface area contributed by atoms with Gasteiger partial charge in [0.25, 0.3) is 0 Å². The van der Waals surface area contributed by atoms with Gasteiger partial charge in [-0.25, -0.2) is 0 Å². The highest BCUT2D eigenvalue weighted by Crippen LogP contribution is 2.31. The Labute approximate surface area is 108 Å². The number of nitrogens with zero attached hydrogens (tertiary/aromatic N) is 1. The predicted molar refractivity (Wildman–Crippen MR) is 69.8 cm³/mol. The summed E-state index contributed by atoms with van der Waals surface area (Å²) in [5.74, 6) is 0.373. The molecule has 0 radical (unpaired) electrons. The lowest BCUT2D eigenvalue weighted by molar-refractivity contribution is -0.117. The number of hydrogen-bond acceptors (Lipinski definition) is 1. The molecule has 1 unspecified atom stereocenters. The van der Waals surface area contributed by atoms with Crippen LogP contribution in [0.5, 0.6) is 0 Å². The molecule has 1 atom stereocenters. The minimum atomic E-state index is 0.128. The Kier molecular flexibility index (Phi) is 3.36. The molecule has 1 aliphatic rings. The van der Waals surface area contributed by atoms with Crippen LogP contribution in [0, 0.1) is 5.92 Å². The van der Waals surface area contributed by atoms with Gasteiger partial charge in [-0.1, -0.05) is 17.7 Å². The molecule has 2 rings (SSSR count). The molecule has 0 saturated carbocycles. The van der Waals surface area contributed by atoms with E-state index >= 15 is 0 Å². The molecule has 84 valence electrons. The van der Waals surface area contributed by atoms with E-state index in [-0.39, 0.29) is 11.8 Å². The van der Waals surface area contributed by atoms with Gasteiger partial charge >= 0.3 is 0 Å². The molecule has 0 aliphatic carbocycles. The summed E-state index contributed by atoms with van der Waals surface area (Å²) in [5.41, 5.74) is 0.850. The summed E-state index contributed by atoms with van der Waals surface area (Å²) in [6, 6.07) is 5.54. The lowest BCUT2D eigenvalue weighted by Gasteiger charge is -2.16. The summed E-state index contributed by atoms with van der Waals surface area (Å²) < 4.78 is 0.838. The quantitative estimate of drug-likeness (QED) is 0.764. The van der Waals surface area contributed by atoms with E-state index < -0.39 is 0 Å². The molecule has 0 spiro atoms. The van der Waals surface area contributed by atoms with E-state index in [1.807, 2.05) is 18.2 Å². The van der Waals surface area contributed by atoms with Gasteiger partial charge in [0.2, 0.25) is 5.91 Å². The number of rotatable bonds is 2. The van der Waals surface area contributed by atoms with E-state index in [0.29, 0.717) is 18.0 Å².